The van der Waals surface area contributed by atoms with E-state index in [4.69, 9.17) is 0 Å². The second-order valence-electron chi connectivity index (χ2n) is 5.50. The van der Waals surface area contributed by atoms with Gasteiger partial charge in [0, 0.05) is 16.7 Å². The first-order valence-corrected chi connectivity index (χ1v) is 6.93. The summed E-state index contributed by atoms with van der Waals surface area (Å²) in [6.07, 6.45) is 1.81. The third kappa shape index (κ3) is 1.80. The highest BCUT2D eigenvalue weighted by Gasteiger charge is 2.65. The van der Waals surface area contributed by atoms with Gasteiger partial charge in [0.05, 0.1) is 4.47 Å². The van der Waals surface area contributed by atoms with Gasteiger partial charge in [-0.1, -0.05) is 27.7 Å². The second kappa shape index (κ2) is 3.70. The topological polar surface area (TPSA) is 24.9 Å². The summed E-state index contributed by atoms with van der Waals surface area (Å²) in [6, 6.07) is 2.49. The smallest absolute Gasteiger partial charge is 0.140 e. The summed E-state index contributed by atoms with van der Waals surface area (Å²) >= 11 is 6.93. The van der Waals surface area contributed by atoms with Gasteiger partial charge in [0.25, 0.3) is 0 Å². The predicted molar refractivity (Wildman–Crippen MR) is 74.6 cm³/mol. The molecule has 16 heavy (non-hydrogen) atoms. The minimum atomic E-state index is 0.321. The molecule has 0 spiro atoms. The molecule has 1 N–H and O–H groups in total. The summed E-state index contributed by atoms with van der Waals surface area (Å²) in [5.41, 5.74) is 0.641. The van der Waals surface area contributed by atoms with Crippen molar-refractivity contribution in [2.24, 2.45) is 10.8 Å². The van der Waals surface area contributed by atoms with Crippen LogP contribution in [0.4, 0.5) is 5.82 Å². The molecule has 1 aliphatic rings. The van der Waals surface area contributed by atoms with Gasteiger partial charge in [-0.2, -0.15) is 0 Å². The van der Waals surface area contributed by atoms with Gasteiger partial charge in [-0.15, -0.1) is 0 Å². The first-order chi connectivity index (χ1) is 7.26. The molecule has 1 fully saturated rings. The van der Waals surface area contributed by atoms with E-state index in [1.165, 1.54) is 0 Å². The maximum atomic E-state index is 4.38. The number of hydrogen-bond acceptors (Lipinski definition) is 2. The third-order valence-electron chi connectivity index (χ3n) is 4.11. The molecule has 0 radical (unpaired) electrons. The molecule has 1 aromatic heterocycles. The van der Waals surface area contributed by atoms with Gasteiger partial charge in [-0.25, -0.2) is 4.98 Å². The molecule has 0 amide bonds. The van der Waals surface area contributed by atoms with Crippen LogP contribution in [0.3, 0.4) is 0 Å². The van der Waals surface area contributed by atoms with Crippen LogP contribution in [-0.2, 0) is 0 Å². The Morgan fingerprint density at radius 3 is 2.19 bits per heavy atom. The van der Waals surface area contributed by atoms with Gasteiger partial charge in [-0.05, 0) is 48.8 Å². The number of anilines is 1. The van der Waals surface area contributed by atoms with Gasteiger partial charge in [-0.3, -0.25) is 0 Å². The van der Waals surface area contributed by atoms with Crippen molar-refractivity contribution in [2.75, 3.05) is 5.32 Å². The van der Waals surface area contributed by atoms with Crippen LogP contribution in [0.2, 0.25) is 0 Å². The third-order valence-corrected chi connectivity index (χ3v) is 5.15. The number of nitrogens with one attached hydrogen (secondary N) is 1. The number of aromatic nitrogens is 1. The molecule has 0 unspecified atom stereocenters. The van der Waals surface area contributed by atoms with Gasteiger partial charge in [0.1, 0.15) is 5.82 Å². The fourth-order valence-electron chi connectivity index (χ4n) is 2.21. The number of rotatable bonds is 2. The van der Waals surface area contributed by atoms with Gasteiger partial charge in [0.15, 0.2) is 0 Å². The average molecular weight is 348 g/mol. The van der Waals surface area contributed by atoms with Crippen LogP contribution in [0.15, 0.2) is 21.2 Å². The Kier molecular flexibility index (Phi) is 2.86. The largest absolute Gasteiger partial charge is 0.365 e. The number of halogens is 2. The predicted octanol–water partition coefficient (Wildman–Crippen LogP) is 4.45. The molecule has 0 atom stereocenters. The van der Waals surface area contributed by atoms with Crippen LogP contribution < -0.4 is 5.32 Å². The molecule has 88 valence electrons. The van der Waals surface area contributed by atoms with Crippen LogP contribution in [0.5, 0.6) is 0 Å². The van der Waals surface area contributed by atoms with Crippen molar-refractivity contribution in [3.8, 4) is 0 Å². The highest BCUT2D eigenvalue weighted by atomic mass is 79.9. The number of pyridine rings is 1. The van der Waals surface area contributed by atoms with E-state index in [-0.39, 0.29) is 0 Å². The van der Waals surface area contributed by atoms with Crippen LogP contribution in [-0.4, -0.2) is 11.0 Å². The van der Waals surface area contributed by atoms with E-state index in [1.807, 2.05) is 12.3 Å². The lowest BCUT2D eigenvalue weighted by Gasteiger charge is -2.09. The van der Waals surface area contributed by atoms with Crippen molar-refractivity contribution in [3.05, 3.63) is 21.2 Å². The summed E-state index contributed by atoms with van der Waals surface area (Å²) in [4.78, 5) is 4.38. The van der Waals surface area contributed by atoms with Crippen molar-refractivity contribution in [3.63, 3.8) is 0 Å². The molecule has 0 aliphatic heterocycles. The lowest BCUT2D eigenvalue weighted by atomic mass is 10.0. The Balaban J connectivity index is 2.18. The number of hydrogen-bond donors (Lipinski definition) is 1. The first-order valence-electron chi connectivity index (χ1n) is 5.34. The van der Waals surface area contributed by atoms with Crippen molar-refractivity contribution in [1.29, 1.82) is 0 Å². The Hall–Kier alpha value is -0.0900. The fraction of sp³-hybridized carbons (Fsp3) is 0.583. The van der Waals surface area contributed by atoms with Crippen LogP contribution in [0.25, 0.3) is 0 Å². The van der Waals surface area contributed by atoms with Crippen molar-refractivity contribution in [1.82, 2.24) is 4.98 Å². The lowest BCUT2D eigenvalue weighted by Crippen LogP contribution is -2.11. The zero-order valence-electron chi connectivity index (χ0n) is 9.94. The minimum Gasteiger partial charge on any atom is -0.365 e. The van der Waals surface area contributed by atoms with Crippen LogP contribution in [0.1, 0.15) is 27.7 Å². The Labute approximate surface area is 113 Å². The second-order valence-corrected chi connectivity index (χ2v) is 7.27. The zero-order chi connectivity index (χ0) is 12.1. The summed E-state index contributed by atoms with van der Waals surface area (Å²) in [6.45, 7) is 9.16. The summed E-state index contributed by atoms with van der Waals surface area (Å²) in [7, 11) is 0. The van der Waals surface area contributed by atoms with E-state index in [2.05, 4.69) is 69.9 Å². The molecule has 4 heteroatoms. The molecule has 1 aromatic rings. The van der Waals surface area contributed by atoms with E-state index < -0.39 is 0 Å². The fourth-order valence-corrected chi connectivity index (χ4v) is 3.32. The van der Waals surface area contributed by atoms with E-state index in [9.17, 15) is 0 Å². The van der Waals surface area contributed by atoms with Gasteiger partial charge < -0.3 is 5.32 Å². The Morgan fingerprint density at radius 2 is 1.75 bits per heavy atom. The molecule has 2 rings (SSSR count). The van der Waals surface area contributed by atoms with Crippen molar-refractivity contribution < 1.29 is 0 Å². The molecule has 0 bridgehead atoms. The molecule has 0 saturated heterocycles. The minimum absolute atomic E-state index is 0.321. The normalized spacial score (nSPS) is 21.9. The van der Waals surface area contributed by atoms with Crippen molar-refractivity contribution in [2.45, 2.75) is 33.7 Å². The van der Waals surface area contributed by atoms with Gasteiger partial charge in [0.2, 0.25) is 0 Å². The number of nitrogens with zero attached hydrogens (tertiary/aromatic N) is 1. The van der Waals surface area contributed by atoms with Crippen LogP contribution >= 0.6 is 31.9 Å². The lowest BCUT2D eigenvalue weighted by molar-refractivity contribution is 0.457. The summed E-state index contributed by atoms with van der Waals surface area (Å²) in [5.74, 6) is 0.923. The highest BCUT2D eigenvalue weighted by Crippen LogP contribution is 2.63. The molecule has 0 aromatic carbocycles. The summed E-state index contributed by atoms with van der Waals surface area (Å²) < 4.78 is 1.99. The highest BCUT2D eigenvalue weighted by molar-refractivity contribution is 9.11. The zero-order valence-corrected chi connectivity index (χ0v) is 13.1. The monoisotopic (exact) mass is 346 g/mol. The van der Waals surface area contributed by atoms with Crippen LogP contribution in [0, 0.1) is 10.8 Å². The summed E-state index contributed by atoms with van der Waals surface area (Å²) in [5, 5.41) is 3.51. The maximum absolute atomic E-state index is 4.38. The van der Waals surface area contributed by atoms with E-state index in [0.717, 1.165) is 14.8 Å². The first kappa shape index (κ1) is 12.4. The van der Waals surface area contributed by atoms with E-state index >= 15 is 0 Å². The molecule has 1 saturated carbocycles. The molecular formula is C12H16Br2N2. The van der Waals surface area contributed by atoms with Crippen molar-refractivity contribution >= 4 is 37.7 Å². The standard InChI is InChI=1S/C12H16Br2N2/c1-11(2)10(12(11,3)4)16-9-8(14)5-7(13)6-15-9/h5-6,10H,1-4H3,(H,15,16). The quantitative estimate of drug-likeness (QED) is 0.854. The van der Waals surface area contributed by atoms with E-state index in [0.29, 0.717) is 16.9 Å². The average Bonchev–Trinajstić information content (AvgIpc) is 2.52. The van der Waals surface area contributed by atoms with Gasteiger partial charge >= 0.3 is 0 Å². The maximum Gasteiger partial charge on any atom is 0.140 e. The van der Waals surface area contributed by atoms with E-state index in [1.54, 1.807) is 0 Å². The molecule has 2 nitrogen and oxygen atoms in total. The molecule has 1 heterocycles. The SMILES string of the molecule is CC1(C)C(Nc2ncc(Br)cc2Br)C1(C)C. The molecular weight excluding hydrogens is 332 g/mol. The Bertz CT molecular complexity index is 413. The molecule has 1 aliphatic carbocycles. The Morgan fingerprint density at radius 1 is 1.19 bits per heavy atom.